The van der Waals surface area contributed by atoms with Gasteiger partial charge in [-0.25, -0.2) is 13.1 Å². The average Bonchev–Trinajstić information content (AvgIpc) is 3.31. The summed E-state index contributed by atoms with van der Waals surface area (Å²) in [4.78, 5) is 14.9. The van der Waals surface area contributed by atoms with Crippen molar-refractivity contribution in [1.29, 1.82) is 0 Å². The number of carbonyl (C=O) groups is 1. The maximum atomic E-state index is 12.8. The fraction of sp³-hybridized carbons (Fsp3) is 0.346. The Morgan fingerprint density at radius 2 is 1.82 bits per heavy atom. The molecule has 0 saturated carbocycles. The lowest BCUT2D eigenvalue weighted by atomic mass is 9.98. The van der Waals surface area contributed by atoms with Crippen molar-refractivity contribution in [3.8, 4) is 11.3 Å². The second kappa shape index (κ2) is 10.4. The third-order valence-corrected chi connectivity index (χ3v) is 7.51. The van der Waals surface area contributed by atoms with Gasteiger partial charge in [-0.15, -0.1) is 0 Å². The van der Waals surface area contributed by atoms with Crippen molar-refractivity contribution in [2.24, 2.45) is 5.92 Å². The summed E-state index contributed by atoms with van der Waals surface area (Å²) in [6.07, 6.45) is 2.71. The molecule has 1 aliphatic heterocycles. The SMILES string of the molecule is Cc1ccc(S(=O)(=O)NCC2CCCN(C(=O)CCc3ccc(-c4ccccc4)o3)C2)cc1. The van der Waals surface area contributed by atoms with Crippen LogP contribution in [0.1, 0.15) is 30.6 Å². The van der Waals surface area contributed by atoms with Gasteiger partial charge in [0.25, 0.3) is 0 Å². The molecule has 0 bridgehead atoms. The summed E-state index contributed by atoms with van der Waals surface area (Å²) in [7, 11) is -3.55. The minimum atomic E-state index is -3.55. The van der Waals surface area contributed by atoms with Crippen molar-refractivity contribution in [1.82, 2.24) is 9.62 Å². The summed E-state index contributed by atoms with van der Waals surface area (Å²) in [6.45, 7) is 3.54. The number of amides is 1. The second-order valence-corrected chi connectivity index (χ2v) is 10.4. The fourth-order valence-corrected chi connectivity index (χ4v) is 5.26. The predicted molar refractivity (Wildman–Crippen MR) is 128 cm³/mol. The molecule has 174 valence electrons. The summed E-state index contributed by atoms with van der Waals surface area (Å²) < 4.78 is 33.8. The van der Waals surface area contributed by atoms with Gasteiger partial charge in [0.15, 0.2) is 0 Å². The number of aryl methyl sites for hydroxylation is 2. The molecule has 1 atom stereocenters. The van der Waals surface area contributed by atoms with Gasteiger partial charge in [0, 0.05) is 38.0 Å². The molecule has 2 aromatic carbocycles. The van der Waals surface area contributed by atoms with Crippen LogP contribution in [0.2, 0.25) is 0 Å². The number of hydrogen-bond acceptors (Lipinski definition) is 4. The molecule has 0 radical (unpaired) electrons. The number of benzene rings is 2. The minimum Gasteiger partial charge on any atom is -0.461 e. The van der Waals surface area contributed by atoms with E-state index in [4.69, 9.17) is 4.42 Å². The molecule has 4 rings (SSSR count). The average molecular weight is 467 g/mol. The first-order chi connectivity index (χ1) is 15.9. The Morgan fingerprint density at radius 1 is 1.06 bits per heavy atom. The zero-order chi connectivity index (χ0) is 23.3. The Morgan fingerprint density at radius 3 is 2.58 bits per heavy atom. The van der Waals surface area contributed by atoms with Crippen LogP contribution in [0, 0.1) is 12.8 Å². The van der Waals surface area contributed by atoms with Crippen LogP contribution in [0.3, 0.4) is 0 Å². The van der Waals surface area contributed by atoms with Gasteiger partial charge in [0.1, 0.15) is 11.5 Å². The van der Waals surface area contributed by atoms with Crippen molar-refractivity contribution < 1.29 is 17.6 Å². The third kappa shape index (κ3) is 6.12. The number of hydrogen-bond donors (Lipinski definition) is 1. The number of nitrogens with one attached hydrogen (secondary N) is 1. The number of nitrogens with zero attached hydrogens (tertiary/aromatic N) is 1. The zero-order valence-corrected chi connectivity index (χ0v) is 19.7. The van der Waals surface area contributed by atoms with Gasteiger partial charge < -0.3 is 9.32 Å². The number of furan rings is 1. The van der Waals surface area contributed by atoms with Gasteiger partial charge >= 0.3 is 0 Å². The summed E-state index contributed by atoms with van der Waals surface area (Å²) in [6, 6.07) is 20.6. The Bertz CT molecular complexity index is 1170. The highest BCUT2D eigenvalue weighted by atomic mass is 32.2. The van der Waals surface area contributed by atoms with Crippen LogP contribution < -0.4 is 4.72 Å². The van der Waals surface area contributed by atoms with Crippen LogP contribution in [0.25, 0.3) is 11.3 Å². The highest BCUT2D eigenvalue weighted by Gasteiger charge is 2.25. The number of likely N-dealkylation sites (tertiary alicyclic amines) is 1. The maximum Gasteiger partial charge on any atom is 0.240 e. The minimum absolute atomic E-state index is 0.0822. The first-order valence-corrected chi connectivity index (χ1v) is 12.9. The number of rotatable bonds is 8. The van der Waals surface area contributed by atoms with E-state index in [2.05, 4.69) is 4.72 Å². The topological polar surface area (TPSA) is 79.6 Å². The van der Waals surface area contributed by atoms with Crippen LogP contribution in [-0.2, 0) is 21.2 Å². The van der Waals surface area contributed by atoms with E-state index in [9.17, 15) is 13.2 Å². The van der Waals surface area contributed by atoms with Crippen molar-refractivity contribution in [2.75, 3.05) is 19.6 Å². The Hall–Kier alpha value is -2.90. The lowest BCUT2D eigenvalue weighted by Crippen LogP contribution is -2.43. The lowest BCUT2D eigenvalue weighted by molar-refractivity contribution is -0.133. The van der Waals surface area contributed by atoms with Gasteiger partial charge in [-0.3, -0.25) is 4.79 Å². The molecule has 3 aromatic rings. The van der Waals surface area contributed by atoms with Gasteiger partial charge in [0.05, 0.1) is 4.90 Å². The van der Waals surface area contributed by atoms with Crippen LogP contribution in [0.5, 0.6) is 0 Å². The molecule has 0 spiro atoms. The maximum absolute atomic E-state index is 12.8. The quantitative estimate of drug-likeness (QED) is 0.534. The van der Waals surface area contributed by atoms with E-state index in [-0.39, 0.29) is 16.7 Å². The van der Waals surface area contributed by atoms with E-state index in [1.165, 1.54) is 0 Å². The smallest absolute Gasteiger partial charge is 0.240 e. The third-order valence-electron chi connectivity index (χ3n) is 6.07. The van der Waals surface area contributed by atoms with Crippen LogP contribution in [-0.4, -0.2) is 38.9 Å². The summed E-state index contributed by atoms with van der Waals surface area (Å²) in [5, 5.41) is 0. The van der Waals surface area contributed by atoms with Gasteiger partial charge in [-0.2, -0.15) is 0 Å². The highest BCUT2D eigenvalue weighted by Crippen LogP contribution is 2.23. The van der Waals surface area contributed by atoms with Crippen molar-refractivity contribution in [3.05, 3.63) is 78.1 Å². The van der Waals surface area contributed by atoms with E-state index >= 15 is 0 Å². The molecule has 1 saturated heterocycles. The van der Waals surface area contributed by atoms with Gasteiger partial charge in [-0.05, 0) is 49.9 Å². The van der Waals surface area contributed by atoms with E-state index < -0.39 is 10.0 Å². The van der Waals surface area contributed by atoms with E-state index in [0.29, 0.717) is 32.5 Å². The molecule has 6 nitrogen and oxygen atoms in total. The number of sulfonamides is 1. The lowest BCUT2D eigenvalue weighted by Gasteiger charge is -2.33. The largest absolute Gasteiger partial charge is 0.461 e. The van der Waals surface area contributed by atoms with Crippen LogP contribution >= 0.6 is 0 Å². The first kappa shape index (κ1) is 23.3. The molecule has 1 aromatic heterocycles. The molecule has 33 heavy (non-hydrogen) atoms. The van der Waals surface area contributed by atoms with Crippen LogP contribution in [0.15, 0.2) is 76.0 Å². The highest BCUT2D eigenvalue weighted by molar-refractivity contribution is 7.89. The van der Waals surface area contributed by atoms with E-state index in [1.54, 1.807) is 24.3 Å². The van der Waals surface area contributed by atoms with Crippen LogP contribution in [0.4, 0.5) is 0 Å². The molecule has 7 heteroatoms. The Balaban J connectivity index is 1.27. The van der Waals surface area contributed by atoms with Crippen molar-refractivity contribution in [3.63, 3.8) is 0 Å². The normalized spacial score (nSPS) is 16.6. The van der Waals surface area contributed by atoms with Gasteiger partial charge in [0.2, 0.25) is 15.9 Å². The predicted octanol–water partition coefficient (Wildman–Crippen LogP) is 4.40. The molecule has 1 amide bonds. The number of piperidine rings is 1. The van der Waals surface area contributed by atoms with Gasteiger partial charge in [-0.1, -0.05) is 48.0 Å². The molecule has 1 unspecified atom stereocenters. The summed E-state index contributed by atoms with van der Waals surface area (Å²) >= 11 is 0. The molecule has 2 heterocycles. The molecule has 1 N–H and O–H groups in total. The van der Waals surface area contributed by atoms with Crippen molar-refractivity contribution in [2.45, 2.75) is 37.5 Å². The van der Waals surface area contributed by atoms with E-state index in [0.717, 1.165) is 35.5 Å². The zero-order valence-electron chi connectivity index (χ0n) is 18.9. The standard InChI is InChI=1S/C26H30N2O4S/c1-20-9-13-24(14-10-20)33(30,31)27-18-21-6-5-17-28(19-21)26(29)16-12-23-11-15-25(32-23)22-7-3-2-4-8-22/h2-4,7-11,13-15,21,27H,5-6,12,16-19H2,1H3. The monoisotopic (exact) mass is 466 g/mol. The molecule has 0 aliphatic carbocycles. The summed E-state index contributed by atoms with van der Waals surface area (Å²) in [5.41, 5.74) is 2.03. The first-order valence-electron chi connectivity index (χ1n) is 11.4. The molecule has 1 aliphatic rings. The molecule has 1 fully saturated rings. The fourth-order valence-electron chi connectivity index (χ4n) is 4.14. The second-order valence-electron chi connectivity index (χ2n) is 8.64. The van der Waals surface area contributed by atoms with Crippen molar-refractivity contribution >= 4 is 15.9 Å². The number of carbonyl (C=O) groups excluding carboxylic acids is 1. The Kier molecular flexibility index (Phi) is 7.30. The van der Waals surface area contributed by atoms with E-state index in [1.807, 2.05) is 54.3 Å². The Labute approximate surface area is 195 Å². The molecular formula is C26H30N2O4S. The molecular weight excluding hydrogens is 436 g/mol. The summed E-state index contributed by atoms with van der Waals surface area (Å²) in [5.74, 6) is 1.79.